The van der Waals surface area contributed by atoms with Gasteiger partial charge in [-0.25, -0.2) is 0 Å². The first-order chi connectivity index (χ1) is 7.77. The highest BCUT2D eigenvalue weighted by Gasteiger charge is 2.05. The Morgan fingerprint density at radius 3 is 2.88 bits per heavy atom. The second kappa shape index (κ2) is 6.86. The lowest BCUT2D eigenvalue weighted by atomic mass is 10.2. The molecule has 0 heterocycles. The predicted molar refractivity (Wildman–Crippen MR) is 64.4 cm³/mol. The normalized spacial score (nSPS) is 11.8. The zero-order chi connectivity index (χ0) is 11.8. The summed E-state index contributed by atoms with van der Waals surface area (Å²) >= 11 is 0. The molecule has 1 rings (SSSR count). The maximum Gasteiger partial charge on any atom is 0.137 e. The van der Waals surface area contributed by atoms with Crippen LogP contribution in [0.5, 0.6) is 5.75 Å². The van der Waals surface area contributed by atoms with Crippen LogP contribution in [0.2, 0.25) is 0 Å². The Balaban J connectivity index is 2.45. The van der Waals surface area contributed by atoms with E-state index in [1.165, 1.54) is 0 Å². The van der Waals surface area contributed by atoms with Crippen molar-refractivity contribution >= 4 is 0 Å². The second-order valence-corrected chi connectivity index (χ2v) is 3.83. The highest BCUT2D eigenvalue weighted by atomic mass is 16.5. The maximum atomic E-state index is 8.88. The van der Waals surface area contributed by atoms with Crippen LogP contribution in [0.3, 0.4) is 0 Å². The van der Waals surface area contributed by atoms with Gasteiger partial charge in [0.15, 0.2) is 0 Å². The number of benzene rings is 1. The number of nitrogens with zero attached hydrogens (tertiary/aromatic N) is 1. The monoisotopic (exact) mass is 218 g/mol. The lowest BCUT2D eigenvalue weighted by molar-refractivity contribution is 0.256. The molecule has 3 heteroatoms. The van der Waals surface area contributed by atoms with Gasteiger partial charge in [0.25, 0.3) is 0 Å². The molecule has 16 heavy (non-hydrogen) atoms. The van der Waals surface area contributed by atoms with Gasteiger partial charge in [0.1, 0.15) is 11.8 Å². The number of nitriles is 1. The van der Waals surface area contributed by atoms with Crippen LogP contribution in [-0.4, -0.2) is 19.7 Å². The minimum absolute atomic E-state index is 0.437. The third kappa shape index (κ3) is 3.92. The van der Waals surface area contributed by atoms with Crippen molar-refractivity contribution in [2.75, 3.05) is 19.7 Å². The van der Waals surface area contributed by atoms with E-state index in [2.05, 4.69) is 25.2 Å². The molecule has 0 aliphatic heterocycles. The maximum absolute atomic E-state index is 8.88. The molecule has 0 saturated carbocycles. The Bertz CT molecular complexity index is 357. The third-order valence-electron chi connectivity index (χ3n) is 2.27. The lowest BCUT2D eigenvalue weighted by Gasteiger charge is -2.13. The Hall–Kier alpha value is -1.53. The summed E-state index contributed by atoms with van der Waals surface area (Å²) in [5.74, 6) is 1.11. The average molecular weight is 218 g/mol. The zero-order valence-corrected chi connectivity index (χ0v) is 9.86. The van der Waals surface area contributed by atoms with Gasteiger partial charge in [-0.3, -0.25) is 0 Å². The van der Waals surface area contributed by atoms with E-state index in [0.717, 1.165) is 13.1 Å². The summed E-state index contributed by atoms with van der Waals surface area (Å²) < 4.78 is 5.62. The van der Waals surface area contributed by atoms with Gasteiger partial charge in [0.05, 0.1) is 12.2 Å². The molecule has 0 fully saturated rings. The number of hydrogen-bond donors (Lipinski definition) is 1. The molecule has 0 amide bonds. The molecule has 1 unspecified atom stereocenters. The van der Waals surface area contributed by atoms with E-state index >= 15 is 0 Å². The van der Waals surface area contributed by atoms with Crippen molar-refractivity contribution in [3.8, 4) is 11.8 Å². The molecule has 0 saturated heterocycles. The van der Waals surface area contributed by atoms with Crippen molar-refractivity contribution in [2.24, 2.45) is 5.92 Å². The first-order valence-corrected chi connectivity index (χ1v) is 5.60. The molecule has 1 atom stereocenters. The van der Waals surface area contributed by atoms with E-state index in [1.54, 1.807) is 6.07 Å². The SMILES string of the molecule is CCNCC(C)COc1ccccc1C#N. The molecule has 3 nitrogen and oxygen atoms in total. The van der Waals surface area contributed by atoms with E-state index in [4.69, 9.17) is 10.00 Å². The smallest absolute Gasteiger partial charge is 0.137 e. The molecule has 1 aromatic carbocycles. The molecule has 1 N–H and O–H groups in total. The van der Waals surface area contributed by atoms with Crippen LogP contribution in [0.25, 0.3) is 0 Å². The summed E-state index contributed by atoms with van der Waals surface area (Å²) in [7, 11) is 0. The minimum atomic E-state index is 0.437. The number of ether oxygens (including phenoxy) is 1. The highest BCUT2D eigenvalue weighted by Crippen LogP contribution is 2.17. The Labute approximate surface area is 97.0 Å². The summed E-state index contributed by atoms with van der Waals surface area (Å²) in [6.45, 7) is 6.74. The van der Waals surface area contributed by atoms with E-state index in [-0.39, 0.29) is 0 Å². The van der Waals surface area contributed by atoms with Gasteiger partial charge in [0, 0.05) is 12.5 Å². The molecule has 86 valence electrons. The van der Waals surface area contributed by atoms with Gasteiger partial charge >= 0.3 is 0 Å². The Morgan fingerprint density at radius 2 is 2.19 bits per heavy atom. The van der Waals surface area contributed by atoms with Gasteiger partial charge in [0.2, 0.25) is 0 Å². The number of hydrogen-bond acceptors (Lipinski definition) is 3. The van der Waals surface area contributed by atoms with Gasteiger partial charge in [-0.2, -0.15) is 5.26 Å². The van der Waals surface area contributed by atoms with Gasteiger partial charge in [-0.05, 0) is 18.7 Å². The summed E-state index contributed by atoms with van der Waals surface area (Å²) in [6, 6.07) is 9.44. The molecular formula is C13H18N2O. The Morgan fingerprint density at radius 1 is 1.44 bits per heavy atom. The van der Waals surface area contributed by atoms with Crippen molar-refractivity contribution in [1.29, 1.82) is 5.26 Å². The molecule has 0 radical (unpaired) electrons. The van der Waals surface area contributed by atoms with Crippen LogP contribution >= 0.6 is 0 Å². The van der Waals surface area contributed by atoms with Crippen LogP contribution < -0.4 is 10.1 Å². The van der Waals surface area contributed by atoms with Crippen molar-refractivity contribution in [3.63, 3.8) is 0 Å². The summed E-state index contributed by atoms with van der Waals surface area (Å²) in [6.07, 6.45) is 0. The summed E-state index contributed by atoms with van der Waals surface area (Å²) in [5.41, 5.74) is 0.596. The van der Waals surface area contributed by atoms with Crippen LogP contribution in [0.4, 0.5) is 0 Å². The van der Waals surface area contributed by atoms with Gasteiger partial charge in [-0.1, -0.05) is 26.0 Å². The third-order valence-corrected chi connectivity index (χ3v) is 2.27. The molecule has 0 aliphatic rings. The van der Waals surface area contributed by atoms with Crippen molar-refractivity contribution in [1.82, 2.24) is 5.32 Å². The van der Waals surface area contributed by atoms with E-state index in [9.17, 15) is 0 Å². The van der Waals surface area contributed by atoms with Crippen LogP contribution in [0.15, 0.2) is 24.3 Å². The fraction of sp³-hybridized carbons (Fsp3) is 0.462. The molecule has 0 aromatic heterocycles. The van der Waals surface area contributed by atoms with Crippen molar-refractivity contribution in [2.45, 2.75) is 13.8 Å². The second-order valence-electron chi connectivity index (χ2n) is 3.83. The molecule has 0 spiro atoms. The predicted octanol–water partition coefficient (Wildman–Crippen LogP) is 2.18. The largest absolute Gasteiger partial charge is 0.492 e. The average Bonchev–Trinajstić information content (AvgIpc) is 2.34. The Kier molecular flexibility index (Phi) is 5.38. The van der Waals surface area contributed by atoms with Crippen molar-refractivity contribution < 1.29 is 4.74 Å². The van der Waals surface area contributed by atoms with Crippen LogP contribution in [-0.2, 0) is 0 Å². The summed E-state index contributed by atoms with van der Waals surface area (Å²) in [4.78, 5) is 0. The van der Waals surface area contributed by atoms with E-state index in [1.807, 2.05) is 18.2 Å². The molecule has 1 aromatic rings. The number of rotatable bonds is 6. The highest BCUT2D eigenvalue weighted by molar-refractivity contribution is 5.42. The van der Waals surface area contributed by atoms with Crippen molar-refractivity contribution in [3.05, 3.63) is 29.8 Å². The molecule has 0 bridgehead atoms. The first kappa shape index (κ1) is 12.5. The standard InChI is InChI=1S/C13H18N2O/c1-3-15-9-11(2)10-16-13-7-5-4-6-12(13)8-14/h4-7,11,15H,3,9-10H2,1-2H3. The van der Waals surface area contributed by atoms with Crippen LogP contribution in [0.1, 0.15) is 19.4 Å². The van der Waals surface area contributed by atoms with E-state index < -0.39 is 0 Å². The quantitative estimate of drug-likeness (QED) is 0.796. The minimum Gasteiger partial charge on any atom is -0.492 e. The summed E-state index contributed by atoms with van der Waals surface area (Å²) in [5, 5.41) is 12.2. The number of nitrogens with one attached hydrogen (secondary N) is 1. The fourth-order valence-electron chi connectivity index (χ4n) is 1.37. The van der Waals surface area contributed by atoms with E-state index in [0.29, 0.717) is 23.8 Å². The first-order valence-electron chi connectivity index (χ1n) is 5.60. The van der Waals surface area contributed by atoms with Gasteiger partial charge < -0.3 is 10.1 Å². The topological polar surface area (TPSA) is 45.0 Å². The van der Waals surface area contributed by atoms with Gasteiger partial charge in [-0.15, -0.1) is 0 Å². The lowest BCUT2D eigenvalue weighted by Crippen LogP contribution is -2.24. The number of para-hydroxylation sites is 1. The zero-order valence-electron chi connectivity index (χ0n) is 9.86. The fourth-order valence-corrected chi connectivity index (χ4v) is 1.37. The van der Waals surface area contributed by atoms with Crippen LogP contribution in [0, 0.1) is 17.2 Å². The molecule has 0 aliphatic carbocycles. The molecular weight excluding hydrogens is 200 g/mol.